The van der Waals surface area contributed by atoms with Gasteiger partial charge in [0.1, 0.15) is 0 Å². The highest BCUT2D eigenvalue weighted by Crippen LogP contribution is 2.09. The minimum atomic E-state index is 1.09. The molecular formula is C20H18O. The summed E-state index contributed by atoms with van der Waals surface area (Å²) in [7, 11) is 0. The summed E-state index contributed by atoms with van der Waals surface area (Å²) in [6, 6.07) is 16.2. The Morgan fingerprint density at radius 1 is 0.571 bits per heavy atom. The molecule has 1 heteroatoms. The van der Waals surface area contributed by atoms with Crippen LogP contribution in [0.4, 0.5) is 0 Å². The predicted octanol–water partition coefficient (Wildman–Crippen LogP) is 5.63. The smallest absolute Gasteiger partial charge is 0.0907 e. The number of hydrogen-bond donors (Lipinski definition) is 0. The summed E-state index contributed by atoms with van der Waals surface area (Å²) in [5.41, 5.74) is 4.39. The molecule has 0 unspecified atom stereocenters. The molecule has 2 aromatic carbocycles. The highest BCUT2D eigenvalue weighted by Gasteiger charge is 1.88. The second-order valence-electron chi connectivity index (χ2n) is 4.48. The third-order valence-electron chi connectivity index (χ3n) is 3.02. The Morgan fingerprint density at radius 3 is 1.24 bits per heavy atom. The molecule has 2 rings (SSSR count). The molecule has 104 valence electrons. The van der Waals surface area contributed by atoms with Crippen molar-refractivity contribution in [1.29, 1.82) is 0 Å². The zero-order valence-electron chi connectivity index (χ0n) is 11.9. The maximum absolute atomic E-state index is 5.35. The van der Waals surface area contributed by atoms with E-state index in [4.69, 9.17) is 4.74 Å². The van der Waals surface area contributed by atoms with E-state index in [2.05, 4.69) is 13.2 Å². The minimum Gasteiger partial charge on any atom is -0.473 e. The Kier molecular flexibility index (Phi) is 5.36. The molecule has 0 fully saturated rings. The lowest BCUT2D eigenvalue weighted by Gasteiger charge is -1.96. The zero-order chi connectivity index (χ0) is 14.9. The van der Waals surface area contributed by atoms with Crippen LogP contribution in [0.3, 0.4) is 0 Å². The molecule has 21 heavy (non-hydrogen) atoms. The Bertz CT molecular complexity index is 584. The summed E-state index contributed by atoms with van der Waals surface area (Å²) < 4.78 is 5.35. The number of benzene rings is 2. The lowest BCUT2D eigenvalue weighted by molar-refractivity contribution is 0.410. The van der Waals surface area contributed by atoms with Gasteiger partial charge in [-0.15, -0.1) is 0 Å². The van der Waals surface area contributed by atoms with Gasteiger partial charge in [-0.25, -0.2) is 0 Å². The van der Waals surface area contributed by atoms with Crippen LogP contribution in [0.15, 0.2) is 74.2 Å². The normalized spacial score (nSPS) is 10.9. The van der Waals surface area contributed by atoms with Crippen LogP contribution < -0.4 is 0 Å². The predicted molar refractivity (Wildman–Crippen MR) is 92.2 cm³/mol. The first-order valence-corrected chi connectivity index (χ1v) is 6.75. The standard InChI is InChI=1S/C20H18O/c1-3-17-5-9-19(10-6-17)13-15-21-16-14-20-11-7-18(4-2)8-12-20/h3-16H,1-2H2. The molecule has 0 atom stereocenters. The van der Waals surface area contributed by atoms with Gasteiger partial charge in [-0.3, -0.25) is 0 Å². The van der Waals surface area contributed by atoms with E-state index in [0.717, 1.165) is 22.3 Å². The van der Waals surface area contributed by atoms with Crippen molar-refractivity contribution in [3.8, 4) is 0 Å². The van der Waals surface area contributed by atoms with Crippen LogP contribution in [-0.2, 0) is 4.74 Å². The van der Waals surface area contributed by atoms with Gasteiger partial charge in [0.25, 0.3) is 0 Å². The molecule has 0 bridgehead atoms. The second-order valence-corrected chi connectivity index (χ2v) is 4.48. The first-order chi connectivity index (χ1) is 10.3. The molecule has 0 amide bonds. The van der Waals surface area contributed by atoms with Gasteiger partial charge in [0, 0.05) is 0 Å². The average molecular weight is 274 g/mol. The van der Waals surface area contributed by atoms with Gasteiger partial charge < -0.3 is 4.74 Å². The van der Waals surface area contributed by atoms with Crippen molar-refractivity contribution < 1.29 is 4.74 Å². The fourth-order valence-electron chi connectivity index (χ4n) is 1.77. The van der Waals surface area contributed by atoms with Crippen molar-refractivity contribution in [2.75, 3.05) is 0 Å². The van der Waals surface area contributed by atoms with Crippen LogP contribution in [0.5, 0.6) is 0 Å². The van der Waals surface area contributed by atoms with E-state index in [0.29, 0.717) is 0 Å². The van der Waals surface area contributed by atoms with Crippen LogP contribution >= 0.6 is 0 Å². The number of rotatable bonds is 6. The molecule has 1 nitrogen and oxygen atoms in total. The van der Waals surface area contributed by atoms with E-state index in [-0.39, 0.29) is 0 Å². The van der Waals surface area contributed by atoms with Crippen molar-refractivity contribution in [2.45, 2.75) is 0 Å². The molecule has 0 aliphatic heterocycles. The van der Waals surface area contributed by atoms with Gasteiger partial charge in [0.15, 0.2) is 0 Å². The van der Waals surface area contributed by atoms with E-state index in [1.54, 1.807) is 12.5 Å². The Balaban J connectivity index is 1.87. The van der Waals surface area contributed by atoms with Gasteiger partial charge in [-0.05, 0) is 34.4 Å². The van der Waals surface area contributed by atoms with E-state index in [1.165, 1.54) is 0 Å². The maximum Gasteiger partial charge on any atom is 0.0907 e. The lowest BCUT2D eigenvalue weighted by atomic mass is 10.1. The molecule has 0 saturated carbocycles. The summed E-state index contributed by atoms with van der Waals surface area (Å²) in [5.74, 6) is 0. The van der Waals surface area contributed by atoms with Gasteiger partial charge >= 0.3 is 0 Å². The van der Waals surface area contributed by atoms with Crippen LogP contribution in [0.25, 0.3) is 24.3 Å². The van der Waals surface area contributed by atoms with Crippen molar-refractivity contribution in [1.82, 2.24) is 0 Å². The number of hydrogen-bond acceptors (Lipinski definition) is 1. The largest absolute Gasteiger partial charge is 0.473 e. The van der Waals surface area contributed by atoms with Crippen LogP contribution in [0, 0.1) is 0 Å². The van der Waals surface area contributed by atoms with Gasteiger partial charge in [0.2, 0.25) is 0 Å². The molecule has 0 N–H and O–H groups in total. The van der Waals surface area contributed by atoms with Gasteiger partial charge in [-0.2, -0.15) is 0 Å². The molecule has 0 aromatic heterocycles. The SMILES string of the molecule is C=Cc1ccc(C=COC=Cc2ccc(C=C)cc2)cc1. The molecule has 0 spiro atoms. The molecular weight excluding hydrogens is 256 g/mol. The fraction of sp³-hybridized carbons (Fsp3) is 0. The topological polar surface area (TPSA) is 9.23 Å². The van der Waals surface area contributed by atoms with Crippen LogP contribution in [-0.4, -0.2) is 0 Å². The van der Waals surface area contributed by atoms with E-state index >= 15 is 0 Å². The van der Waals surface area contributed by atoms with Crippen molar-refractivity contribution in [2.24, 2.45) is 0 Å². The molecule has 0 heterocycles. The monoisotopic (exact) mass is 274 g/mol. The molecule has 2 aromatic rings. The Hall–Kier alpha value is -2.80. The van der Waals surface area contributed by atoms with E-state index < -0.39 is 0 Å². The fourth-order valence-corrected chi connectivity index (χ4v) is 1.77. The average Bonchev–Trinajstić information content (AvgIpc) is 2.55. The minimum absolute atomic E-state index is 1.09. The van der Waals surface area contributed by atoms with Gasteiger partial charge in [-0.1, -0.05) is 73.8 Å². The highest BCUT2D eigenvalue weighted by atomic mass is 16.5. The van der Waals surface area contributed by atoms with Crippen LogP contribution in [0.1, 0.15) is 22.3 Å². The third kappa shape index (κ3) is 4.66. The zero-order valence-corrected chi connectivity index (χ0v) is 11.9. The Morgan fingerprint density at radius 2 is 0.905 bits per heavy atom. The second kappa shape index (κ2) is 7.71. The molecule has 0 aliphatic rings. The highest BCUT2D eigenvalue weighted by molar-refractivity contribution is 5.55. The third-order valence-corrected chi connectivity index (χ3v) is 3.02. The first kappa shape index (κ1) is 14.6. The van der Waals surface area contributed by atoms with Crippen molar-refractivity contribution >= 4 is 24.3 Å². The summed E-state index contributed by atoms with van der Waals surface area (Å²) in [6.45, 7) is 7.46. The molecule has 0 radical (unpaired) electrons. The van der Waals surface area contributed by atoms with Crippen LogP contribution in [0.2, 0.25) is 0 Å². The van der Waals surface area contributed by atoms with E-state index in [9.17, 15) is 0 Å². The quantitative estimate of drug-likeness (QED) is 0.620. The first-order valence-electron chi connectivity index (χ1n) is 6.75. The van der Waals surface area contributed by atoms with Crippen molar-refractivity contribution in [3.05, 3.63) is 96.5 Å². The Labute approximate surface area is 126 Å². The van der Waals surface area contributed by atoms with E-state index in [1.807, 2.05) is 72.8 Å². The maximum atomic E-state index is 5.35. The summed E-state index contributed by atoms with van der Waals surface area (Å²) in [5, 5.41) is 0. The lowest BCUT2D eigenvalue weighted by Crippen LogP contribution is -1.75. The van der Waals surface area contributed by atoms with Gasteiger partial charge in [0.05, 0.1) is 12.5 Å². The molecule has 0 saturated heterocycles. The van der Waals surface area contributed by atoms with Crippen molar-refractivity contribution in [3.63, 3.8) is 0 Å². The summed E-state index contributed by atoms with van der Waals surface area (Å²) in [6.07, 6.45) is 10.8. The number of ether oxygens (including phenoxy) is 1. The molecule has 0 aliphatic carbocycles. The summed E-state index contributed by atoms with van der Waals surface area (Å²) in [4.78, 5) is 0. The summed E-state index contributed by atoms with van der Waals surface area (Å²) >= 11 is 0.